The number of thiophene rings is 1. The van der Waals surface area contributed by atoms with Gasteiger partial charge in [0.05, 0.1) is 13.5 Å². The summed E-state index contributed by atoms with van der Waals surface area (Å²) in [4.78, 5) is 13.5. The van der Waals surface area contributed by atoms with Crippen LogP contribution in [0, 0.1) is 6.92 Å². The molecule has 0 fully saturated rings. The molecule has 0 unspecified atom stereocenters. The maximum atomic E-state index is 11.3. The normalized spacial score (nSPS) is 10.4. The first-order chi connectivity index (χ1) is 10.1. The first-order valence-electron chi connectivity index (χ1n) is 7.10. The van der Waals surface area contributed by atoms with Gasteiger partial charge in [-0.3, -0.25) is 4.79 Å². The van der Waals surface area contributed by atoms with E-state index in [0.29, 0.717) is 6.42 Å². The van der Waals surface area contributed by atoms with Crippen LogP contribution in [0.4, 0.5) is 5.69 Å². The summed E-state index contributed by atoms with van der Waals surface area (Å²) < 4.78 is 4.69. The number of nitrogens with one attached hydrogen (secondary N) is 1. The molecule has 0 aliphatic heterocycles. The summed E-state index contributed by atoms with van der Waals surface area (Å²) in [6.07, 6.45) is 1.37. The fraction of sp³-hybridized carbons (Fsp3) is 0.353. The first-order valence-corrected chi connectivity index (χ1v) is 7.92. The molecule has 0 radical (unpaired) electrons. The summed E-state index contributed by atoms with van der Waals surface area (Å²) in [6, 6.07) is 10.4. The van der Waals surface area contributed by atoms with Gasteiger partial charge >= 0.3 is 5.97 Å². The second-order valence-corrected chi connectivity index (χ2v) is 6.19. The fourth-order valence-electron chi connectivity index (χ4n) is 2.28. The van der Waals surface area contributed by atoms with Crippen molar-refractivity contribution in [1.82, 2.24) is 0 Å². The quantitative estimate of drug-likeness (QED) is 0.821. The molecule has 0 saturated heterocycles. The second kappa shape index (κ2) is 7.27. The van der Waals surface area contributed by atoms with E-state index in [4.69, 9.17) is 4.74 Å². The van der Waals surface area contributed by atoms with Crippen molar-refractivity contribution in [2.75, 3.05) is 12.4 Å². The summed E-state index contributed by atoms with van der Waals surface area (Å²) in [5, 5.41) is 3.52. The molecule has 112 valence electrons. The van der Waals surface area contributed by atoms with Gasteiger partial charge in [0, 0.05) is 22.0 Å². The average Bonchev–Trinajstić information content (AvgIpc) is 2.93. The summed E-state index contributed by atoms with van der Waals surface area (Å²) in [6.45, 7) is 5.07. The van der Waals surface area contributed by atoms with Crippen molar-refractivity contribution in [3.8, 4) is 0 Å². The van der Waals surface area contributed by atoms with Crippen molar-refractivity contribution in [1.29, 1.82) is 0 Å². The van der Waals surface area contributed by atoms with Crippen LogP contribution in [-0.4, -0.2) is 13.1 Å². The maximum Gasteiger partial charge on any atom is 0.310 e. The number of hydrogen-bond acceptors (Lipinski definition) is 4. The van der Waals surface area contributed by atoms with E-state index >= 15 is 0 Å². The third kappa shape index (κ3) is 4.08. The van der Waals surface area contributed by atoms with Gasteiger partial charge in [0.2, 0.25) is 0 Å². The number of rotatable bonds is 6. The zero-order valence-electron chi connectivity index (χ0n) is 12.7. The second-order valence-electron chi connectivity index (χ2n) is 4.94. The molecule has 0 spiro atoms. The Kier molecular flexibility index (Phi) is 5.39. The minimum absolute atomic E-state index is 0.191. The Balaban J connectivity index is 2.02. The van der Waals surface area contributed by atoms with Crippen molar-refractivity contribution in [2.45, 2.75) is 33.2 Å². The number of anilines is 1. The largest absolute Gasteiger partial charge is 0.469 e. The highest BCUT2D eigenvalue weighted by molar-refractivity contribution is 7.12. The topological polar surface area (TPSA) is 38.3 Å². The van der Waals surface area contributed by atoms with Crippen LogP contribution in [0.25, 0.3) is 0 Å². The minimum Gasteiger partial charge on any atom is -0.469 e. The van der Waals surface area contributed by atoms with E-state index in [-0.39, 0.29) is 5.97 Å². The highest BCUT2D eigenvalue weighted by Crippen LogP contribution is 2.24. The van der Waals surface area contributed by atoms with Crippen molar-refractivity contribution < 1.29 is 9.53 Å². The molecule has 1 aromatic carbocycles. The Morgan fingerprint density at radius 2 is 2.00 bits per heavy atom. The van der Waals surface area contributed by atoms with Gasteiger partial charge in [-0.05, 0) is 36.6 Å². The number of carbonyl (C=O) groups excluding carboxylic acids is 1. The van der Waals surface area contributed by atoms with Gasteiger partial charge in [-0.15, -0.1) is 11.3 Å². The van der Waals surface area contributed by atoms with Crippen LogP contribution in [0.1, 0.15) is 27.8 Å². The Morgan fingerprint density at radius 1 is 1.24 bits per heavy atom. The number of ether oxygens (including phenoxy) is 1. The number of para-hydroxylation sites is 1. The standard InChI is InChI=1S/C17H21NO2S/c1-4-13-7-5-6-12(2)17(13)18-11-15-9-8-14(21-15)10-16(19)20-3/h5-9,18H,4,10-11H2,1-3H3. The summed E-state index contributed by atoms with van der Waals surface area (Å²) in [7, 11) is 1.42. The smallest absolute Gasteiger partial charge is 0.310 e. The van der Waals surface area contributed by atoms with E-state index in [1.807, 2.05) is 6.07 Å². The molecule has 1 N–H and O–H groups in total. The number of benzene rings is 1. The molecule has 0 atom stereocenters. The minimum atomic E-state index is -0.191. The highest BCUT2D eigenvalue weighted by atomic mass is 32.1. The Morgan fingerprint density at radius 3 is 2.71 bits per heavy atom. The Hall–Kier alpha value is -1.81. The van der Waals surface area contributed by atoms with E-state index in [1.165, 1.54) is 28.8 Å². The maximum absolute atomic E-state index is 11.3. The van der Waals surface area contributed by atoms with Crippen molar-refractivity contribution >= 4 is 23.0 Å². The van der Waals surface area contributed by atoms with Crippen LogP contribution in [0.15, 0.2) is 30.3 Å². The molecule has 0 amide bonds. The van der Waals surface area contributed by atoms with Crippen molar-refractivity contribution in [2.24, 2.45) is 0 Å². The van der Waals surface area contributed by atoms with Gasteiger partial charge in [0.25, 0.3) is 0 Å². The third-order valence-electron chi connectivity index (χ3n) is 3.44. The van der Waals surface area contributed by atoms with Crippen LogP contribution in [-0.2, 0) is 28.9 Å². The predicted octanol–water partition coefficient (Wildman–Crippen LogP) is 3.95. The molecule has 2 aromatic rings. The average molecular weight is 303 g/mol. The van der Waals surface area contributed by atoms with Crippen LogP contribution in [0.3, 0.4) is 0 Å². The molecule has 0 bridgehead atoms. The number of carbonyl (C=O) groups is 1. The molecule has 4 heteroatoms. The monoisotopic (exact) mass is 303 g/mol. The van der Waals surface area contributed by atoms with Gasteiger partial charge in [0.1, 0.15) is 0 Å². The molecular formula is C17H21NO2S. The lowest BCUT2D eigenvalue weighted by Crippen LogP contribution is -2.03. The number of hydrogen-bond donors (Lipinski definition) is 1. The lowest BCUT2D eigenvalue weighted by atomic mass is 10.1. The number of aryl methyl sites for hydroxylation is 2. The van der Waals surface area contributed by atoms with Gasteiger partial charge in [-0.2, -0.15) is 0 Å². The van der Waals surface area contributed by atoms with E-state index in [1.54, 1.807) is 11.3 Å². The summed E-state index contributed by atoms with van der Waals surface area (Å²) in [5.74, 6) is -0.191. The molecule has 1 aromatic heterocycles. The molecule has 21 heavy (non-hydrogen) atoms. The number of methoxy groups -OCH3 is 1. The Bertz CT molecular complexity index is 619. The number of esters is 1. The zero-order chi connectivity index (χ0) is 15.2. The lowest BCUT2D eigenvalue weighted by molar-refractivity contribution is -0.139. The first kappa shape index (κ1) is 15.6. The third-order valence-corrected chi connectivity index (χ3v) is 4.53. The predicted molar refractivity (Wildman–Crippen MR) is 87.9 cm³/mol. The highest BCUT2D eigenvalue weighted by Gasteiger charge is 2.08. The van der Waals surface area contributed by atoms with Crippen LogP contribution in [0.5, 0.6) is 0 Å². The SMILES string of the molecule is CCc1cccc(C)c1NCc1ccc(CC(=O)OC)s1. The van der Waals surface area contributed by atoms with Gasteiger partial charge in [-0.25, -0.2) is 0 Å². The molecule has 0 aliphatic carbocycles. The van der Waals surface area contributed by atoms with E-state index < -0.39 is 0 Å². The van der Waals surface area contributed by atoms with Crippen LogP contribution >= 0.6 is 11.3 Å². The molecule has 0 aliphatic rings. The summed E-state index contributed by atoms with van der Waals surface area (Å²) >= 11 is 1.65. The van der Waals surface area contributed by atoms with Gasteiger partial charge in [-0.1, -0.05) is 25.1 Å². The van der Waals surface area contributed by atoms with Crippen molar-refractivity contribution in [3.63, 3.8) is 0 Å². The van der Waals surface area contributed by atoms with Gasteiger partial charge in [0.15, 0.2) is 0 Å². The molecule has 3 nitrogen and oxygen atoms in total. The fourth-order valence-corrected chi connectivity index (χ4v) is 3.22. The zero-order valence-corrected chi connectivity index (χ0v) is 13.5. The van der Waals surface area contributed by atoms with Crippen LogP contribution < -0.4 is 5.32 Å². The lowest BCUT2D eigenvalue weighted by Gasteiger charge is -2.13. The molecule has 2 rings (SSSR count). The van der Waals surface area contributed by atoms with E-state index in [9.17, 15) is 4.79 Å². The Labute approximate surface area is 130 Å². The molecular weight excluding hydrogens is 282 g/mol. The van der Waals surface area contributed by atoms with Crippen molar-refractivity contribution in [3.05, 3.63) is 51.2 Å². The molecule has 1 heterocycles. The molecule has 0 saturated carbocycles. The summed E-state index contributed by atoms with van der Waals surface area (Å²) in [5.41, 5.74) is 3.82. The van der Waals surface area contributed by atoms with Crippen LogP contribution in [0.2, 0.25) is 0 Å². The van der Waals surface area contributed by atoms with E-state index in [0.717, 1.165) is 17.8 Å². The van der Waals surface area contributed by atoms with Gasteiger partial charge < -0.3 is 10.1 Å². The van der Waals surface area contributed by atoms with E-state index in [2.05, 4.69) is 43.4 Å².